The minimum Gasteiger partial charge on any atom is -0.376 e. The Hall–Kier alpha value is -1.55. The number of ether oxygens (including phenoxy) is 1. The quantitative estimate of drug-likeness (QED) is 0.277. The molecular weight excluding hydrogens is 853 g/mol. The van der Waals surface area contributed by atoms with Gasteiger partial charge < -0.3 is 35.4 Å². The van der Waals surface area contributed by atoms with Gasteiger partial charge in [-0.3, -0.25) is 14.4 Å². The van der Waals surface area contributed by atoms with E-state index in [1.54, 1.807) is 35.8 Å². The molecule has 0 aromatic carbocycles. The summed E-state index contributed by atoms with van der Waals surface area (Å²) in [6.07, 6.45) is 16.6. The predicted octanol–water partition coefficient (Wildman–Crippen LogP) is 1.10. The normalized spacial score (nSPS) is 30.8. The van der Waals surface area contributed by atoms with Gasteiger partial charge in [-0.2, -0.15) is 11.8 Å². The summed E-state index contributed by atoms with van der Waals surface area (Å²) >= 11 is 1.93. The van der Waals surface area contributed by atoms with Gasteiger partial charge in [0.1, 0.15) is 18.1 Å². The minimum atomic E-state index is -3.16. The number of nitrogens with zero attached hydrogens (tertiary/aromatic N) is 3. The van der Waals surface area contributed by atoms with Crippen LogP contribution in [0.5, 0.6) is 0 Å². The number of likely N-dealkylation sites (N-methyl/N-ethyl adjacent to an activating group) is 3. The average Bonchev–Trinajstić information content (AvgIpc) is 3.83. The van der Waals surface area contributed by atoms with Crippen molar-refractivity contribution in [3.05, 3.63) is 0 Å². The van der Waals surface area contributed by atoms with Crippen LogP contribution in [0.1, 0.15) is 89.9 Å². The fraction of sp³-hybridized carbons (Fsp3) is 0.925. The first-order valence-electron chi connectivity index (χ1n) is 22.3. The van der Waals surface area contributed by atoms with Crippen LogP contribution in [0, 0.1) is 5.92 Å². The lowest BCUT2D eigenvalue weighted by Gasteiger charge is -2.27. The number of carbonyl (C=O) groups excluding carboxylic acids is 3. The van der Waals surface area contributed by atoms with E-state index in [1.807, 2.05) is 11.8 Å². The maximum absolute atomic E-state index is 12.4. The lowest BCUT2D eigenvalue weighted by molar-refractivity contribution is -0.134. The highest BCUT2D eigenvalue weighted by Crippen LogP contribution is 2.26. The van der Waals surface area contributed by atoms with Crippen molar-refractivity contribution in [3.63, 3.8) is 0 Å². The van der Waals surface area contributed by atoms with Gasteiger partial charge in [0.15, 0.2) is 29.5 Å². The second-order valence-electron chi connectivity index (χ2n) is 17.3. The molecule has 6 aliphatic rings. The van der Waals surface area contributed by atoms with E-state index in [4.69, 9.17) is 4.74 Å². The summed E-state index contributed by atoms with van der Waals surface area (Å²) in [5.41, 5.74) is 0. The van der Waals surface area contributed by atoms with Crippen molar-refractivity contribution in [1.82, 2.24) is 30.7 Å². The van der Waals surface area contributed by atoms with E-state index in [1.165, 1.54) is 57.8 Å². The Morgan fingerprint density at radius 3 is 1.45 bits per heavy atom. The molecule has 0 bridgehead atoms. The second kappa shape index (κ2) is 25.1. The maximum atomic E-state index is 12.4. The molecule has 5 unspecified atom stereocenters. The number of carbonyl (C=O) groups is 3. The molecule has 348 valence electrons. The fourth-order valence-corrected chi connectivity index (χ4v) is 14.5. The molecule has 5 saturated heterocycles. The monoisotopic (exact) mass is 926 g/mol. The molecule has 5 atom stereocenters. The largest absolute Gasteiger partial charge is 0.376 e. The Labute approximate surface area is 364 Å². The summed E-state index contributed by atoms with van der Waals surface area (Å²) < 4.78 is 76.8. The van der Waals surface area contributed by atoms with Gasteiger partial charge in [-0.25, -0.2) is 25.3 Å². The van der Waals surface area contributed by atoms with Crippen LogP contribution in [0.3, 0.4) is 0 Å². The molecule has 0 spiro atoms. The first-order valence-corrected chi connectivity index (χ1v) is 28.8. The number of rotatable bonds is 9. The number of thioether (sulfide) groups is 1. The zero-order chi connectivity index (χ0) is 43.8. The van der Waals surface area contributed by atoms with E-state index in [2.05, 4.69) is 16.0 Å². The summed E-state index contributed by atoms with van der Waals surface area (Å²) in [6, 6.07) is -1.79. The SMILES string of the molecule is CNC1CS(=O)(=O)CCN(CC2CCCCCC2)C1=O.CNC1CS(=O)(=O)CCN(CC2CCCCCO2)C1=O.CNC1CS(=O)(=O)CCN(CC2CCCCCS2)C1=O. The molecular formula is C40H74N6O10S4. The second-order valence-corrected chi connectivity index (χ2v) is 25.4. The van der Waals surface area contributed by atoms with Crippen molar-refractivity contribution in [3.8, 4) is 0 Å². The number of nitrogens with one attached hydrogen (secondary N) is 3. The summed E-state index contributed by atoms with van der Waals surface area (Å²) in [5.74, 6) is 1.46. The van der Waals surface area contributed by atoms with Gasteiger partial charge in [-0.05, 0) is 71.3 Å². The molecule has 16 nitrogen and oxygen atoms in total. The summed E-state index contributed by atoms with van der Waals surface area (Å²) in [4.78, 5) is 42.4. The van der Waals surface area contributed by atoms with Crippen molar-refractivity contribution in [2.24, 2.45) is 5.92 Å². The molecule has 6 rings (SSSR count). The van der Waals surface area contributed by atoms with Gasteiger partial charge in [-0.15, -0.1) is 0 Å². The topological polar surface area (TPSA) is 209 Å². The van der Waals surface area contributed by atoms with Crippen LogP contribution in [0.25, 0.3) is 0 Å². The lowest BCUT2D eigenvalue weighted by atomic mass is 9.99. The molecule has 6 fully saturated rings. The molecule has 3 N–H and O–H groups in total. The van der Waals surface area contributed by atoms with Crippen LogP contribution >= 0.6 is 11.8 Å². The van der Waals surface area contributed by atoms with E-state index in [9.17, 15) is 39.6 Å². The number of amides is 3. The van der Waals surface area contributed by atoms with E-state index in [-0.39, 0.29) is 64.9 Å². The predicted molar refractivity (Wildman–Crippen MR) is 238 cm³/mol. The molecule has 5 heterocycles. The lowest BCUT2D eigenvalue weighted by Crippen LogP contribution is -2.48. The van der Waals surface area contributed by atoms with Crippen molar-refractivity contribution in [2.45, 2.75) is 119 Å². The van der Waals surface area contributed by atoms with Crippen molar-refractivity contribution in [2.75, 3.05) is 107 Å². The maximum Gasteiger partial charge on any atom is 0.240 e. The third kappa shape index (κ3) is 17.2. The molecule has 60 heavy (non-hydrogen) atoms. The minimum absolute atomic E-state index is 0.0414. The van der Waals surface area contributed by atoms with Crippen molar-refractivity contribution >= 4 is 59.0 Å². The Bertz CT molecular complexity index is 1480. The molecule has 0 radical (unpaired) electrons. The number of hydrogen-bond acceptors (Lipinski definition) is 14. The van der Waals surface area contributed by atoms with E-state index >= 15 is 0 Å². The Kier molecular flexibility index (Phi) is 21.3. The van der Waals surface area contributed by atoms with Crippen molar-refractivity contribution in [1.29, 1.82) is 0 Å². The van der Waals surface area contributed by atoms with Gasteiger partial charge in [0.2, 0.25) is 17.7 Å². The van der Waals surface area contributed by atoms with Crippen LogP contribution in [0.2, 0.25) is 0 Å². The van der Waals surface area contributed by atoms with Crippen LogP contribution in [0.4, 0.5) is 0 Å². The van der Waals surface area contributed by atoms with Gasteiger partial charge in [0.25, 0.3) is 0 Å². The van der Waals surface area contributed by atoms with E-state index in [0.29, 0.717) is 37.3 Å². The Morgan fingerprint density at radius 2 is 0.950 bits per heavy atom. The first kappa shape index (κ1) is 51.1. The van der Waals surface area contributed by atoms with Crippen LogP contribution in [-0.4, -0.2) is 194 Å². The summed E-state index contributed by atoms with van der Waals surface area (Å²) in [7, 11) is -4.46. The third-order valence-electron chi connectivity index (χ3n) is 12.5. The zero-order valence-corrected chi connectivity index (χ0v) is 39.6. The highest BCUT2D eigenvalue weighted by atomic mass is 32.2. The molecule has 5 aliphatic heterocycles. The standard InChI is InChI=1S/C14H26N2O3S.C13H24N2O4S.C13H24N2O3S2/c1-15-13-11-20(18,19)9-8-16(14(13)17)10-12-6-4-2-3-5-7-12;2*1-14-12-10-20(17,18)8-6-15(13(12)16)9-11-5-3-2-4-7-19-11/h12-13,15H,2-11H2,1H3;2*11-12,14H,2-10H2,1H3. The Morgan fingerprint density at radius 1 is 0.533 bits per heavy atom. The van der Waals surface area contributed by atoms with E-state index < -0.39 is 47.6 Å². The smallest absolute Gasteiger partial charge is 0.240 e. The van der Waals surface area contributed by atoms with Gasteiger partial charge >= 0.3 is 0 Å². The van der Waals surface area contributed by atoms with Gasteiger partial charge in [0.05, 0.1) is 40.6 Å². The van der Waals surface area contributed by atoms with Crippen molar-refractivity contribution < 1.29 is 44.4 Å². The molecule has 20 heteroatoms. The van der Waals surface area contributed by atoms with Crippen LogP contribution in [0.15, 0.2) is 0 Å². The Balaban J connectivity index is 0.000000198. The summed E-state index contributed by atoms with van der Waals surface area (Å²) in [6.45, 7) is 3.64. The molecule has 0 aromatic heterocycles. The fourth-order valence-electron chi connectivity index (χ4n) is 8.74. The van der Waals surface area contributed by atoms with Crippen LogP contribution in [-0.2, 0) is 48.6 Å². The number of hydrogen-bond donors (Lipinski definition) is 3. The molecule has 0 aromatic rings. The van der Waals surface area contributed by atoms with Gasteiger partial charge in [-0.1, -0.05) is 51.4 Å². The van der Waals surface area contributed by atoms with Gasteiger partial charge in [0, 0.05) is 51.1 Å². The third-order valence-corrected chi connectivity index (χ3v) is 18.8. The summed E-state index contributed by atoms with van der Waals surface area (Å²) in [5, 5.41) is 8.99. The average molecular weight is 927 g/mol. The highest BCUT2D eigenvalue weighted by Gasteiger charge is 2.36. The highest BCUT2D eigenvalue weighted by molar-refractivity contribution is 7.99. The molecule has 3 amide bonds. The van der Waals surface area contributed by atoms with Crippen LogP contribution < -0.4 is 16.0 Å². The molecule has 1 aliphatic carbocycles. The molecule has 1 saturated carbocycles. The zero-order valence-electron chi connectivity index (χ0n) is 36.3. The first-order chi connectivity index (χ1) is 28.5. The number of sulfone groups is 3. The van der Waals surface area contributed by atoms with E-state index in [0.717, 1.165) is 51.0 Å².